The van der Waals surface area contributed by atoms with Crippen LogP contribution in [0.2, 0.25) is 10.0 Å². The minimum Gasteiger partial charge on any atom is -0.239 e. The van der Waals surface area contributed by atoms with Crippen molar-refractivity contribution in [3.63, 3.8) is 0 Å². The van der Waals surface area contributed by atoms with E-state index in [9.17, 15) is 0 Å². The maximum Gasteiger partial charge on any atom is 0.0849 e. The molecule has 0 bridgehead atoms. The Morgan fingerprint density at radius 1 is 1.20 bits per heavy atom. The number of benzene rings is 1. The van der Waals surface area contributed by atoms with Crippen LogP contribution >= 0.6 is 34.8 Å². The van der Waals surface area contributed by atoms with Crippen molar-refractivity contribution in [2.45, 2.75) is 5.88 Å². The smallest absolute Gasteiger partial charge is 0.0849 e. The molecule has 0 amide bonds. The van der Waals surface area contributed by atoms with Gasteiger partial charge >= 0.3 is 0 Å². The maximum absolute atomic E-state index is 6.05. The monoisotopic (exact) mass is 260 g/mol. The third-order valence-corrected chi connectivity index (χ3v) is 3.04. The standard InChI is InChI=1S/C10H7Cl3N2/c11-6-7-4-5-15(14-7)9-3-1-2-8(12)10(9)13/h1-5H,6H2. The van der Waals surface area contributed by atoms with E-state index in [4.69, 9.17) is 34.8 Å². The average molecular weight is 262 g/mol. The summed E-state index contributed by atoms with van der Waals surface area (Å²) in [7, 11) is 0. The summed E-state index contributed by atoms with van der Waals surface area (Å²) in [5.41, 5.74) is 1.55. The van der Waals surface area contributed by atoms with Gasteiger partial charge in [0.1, 0.15) is 0 Å². The number of halogens is 3. The van der Waals surface area contributed by atoms with Crippen LogP contribution in [-0.2, 0) is 5.88 Å². The normalized spacial score (nSPS) is 10.6. The molecule has 0 spiro atoms. The number of hydrogen-bond acceptors (Lipinski definition) is 1. The summed E-state index contributed by atoms with van der Waals surface area (Å²) in [5.74, 6) is 0.380. The number of nitrogens with zero attached hydrogens (tertiary/aromatic N) is 2. The zero-order chi connectivity index (χ0) is 10.8. The van der Waals surface area contributed by atoms with Crippen molar-refractivity contribution < 1.29 is 0 Å². The molecule has 0 unspecified atom stereocenters. The average Bonchev–Trinajstić information content (AvgIpc) is 2.70. The van der Waals surface area contributed by atoms with Gasteiger partial charge in [-0.2, -0.15) is 5.10 Å². The van der Waals surface area contributed by atoms with Crippen molar-refractivity contribution in [3.8, 4) is 5.69 Å². The summed E-state index contributed by atoms with van der Waals surface area (Å²) in [6.45, 7) is 0. The fourth-order valence-corrected chi connectivity index (χ4v) is 1.76. The molecule has 0 radical (unpaired) electrons. The Morgan fingerprint density at radius 2 is 2.00 bits per heavy atom. The number of alkyl halides is 1. The van der Waals surface area contributed by atoms with Gasteiger partial charge in [0.05, 0.1) is 27.3 Å². The van der Waals surface area contributed by atoms with Crippen LogP contribution in [0.25, 0.3) is 5.69 Å². The Morgan fingerprint density at radius 3 is 2.67 bits per heavy atom. The van der Waals surface area contributed by atoms with Gasteiger partial charge in [0, 0.05) is 6.20 Å². The maximum atomic E-state index is 6.05. The van der Waals surface area contributed by atoms with Crippen molar-refractivity contribution in [3.05, 3.63) is 46.2 Å². The predicted molar refractivity (Wildman–Crippen MR) is 63.1 cm³/mol. The lowest BCUT2D eigenvalue weighted by atomic mass is 10.3. The molecule has 2 rings (SSSR count). The Bertz CT molecular complexity index is 479. The third-order valence-electron chi connectivity index (χ3n) is 1.96. The molecule has 1 heterocycles. The first kappa shape index (κ1) is 10.8. The van der Waals surface area contributed by atoms with Crippen LogP contribution < -0.4 is 0 Å². The molecule has 0 aliphatic heterocycles. The third kappa shape index (κ3) is 2.12. The van der Waals surface area contributed by atoms with E-state index in [0.29, 0.717) is 15.9 Å². The van der Waals surface area contributed by atoms with E-state index in [2.05, 4.69) is 5.10 Å². The largest absolute Gasteiger partial charge is 0.239 e. The lowest BCUT2D eigenvalue weighted by Crippen LogP contribution is -1.96. The van der Waals surface area contributed by atoms with Crippen LogP contribution in [0.1, 0.15) is 5.69 Å². The minimum atomic E-state index is 0.380. The number of rotatable bonds is 2. The molecule has 2 aromatic rings. The highest BCUT2D eigenvalue weighted by atomic mass is 35.5. The Balaban J connectivity index is 2.49. The summed E-state index contributed by atoms with van der Waals surface area (Å²) in [6.07, 6.45) is 1.80. The van der Waals surface area contributed by atoms with Crippen LogP contribution in [0, 0.1) is 0 Å². The topological polar surface area (TPSA) is 17.8 Å². The van der Waals surface area contributed by atoms with Crippen molar-refractivity contribution in [1.82, 2.24) is 9.78 Å². The molecule has 0 aliphatic rings. The van der Waals surface area contributed by atoms with Gasteiger partial charge in [-0.25, -0.2) is 4.68 Å². The minimum absolute atomic E-state index is 0.380. The van der Waals surface area contributed by atoms with Crippen molar-refractivity contribution in [2.24, 2.45) is 0 Å². The first-order valence-corrected chi connectivity index (χ1v) is 5.56. The van der Waals surface area contributed by atoms with Gasteiger partial charge in [-0.05, 0) is 18.2 Å². The van der Waals surface area contributed by atoms with Crippen molar-refractivity contribution in [2.75, 3.05) is 0 Å². The molecule has 15 heavy (non-hydrogen) atoms. The van der Waals surface area contributed by atoms with Gasteiger partial charge in [0.15, 0.2) is 0 Å². The van der Waals surface area contributed by atoms with Crippen LogP contribution in [0.5, 0.6) is 0 Å². The van der Waals surface area contributed by atoms with Crippen LogP contribution in [0.4, 0.5) is 0 Å². The van der Waals surface area contributed by atoms with E-state index in [-0.39, 0.29) is 0 Å². The molecule has 0 atom stereocenters. The zero-order valence-corrected chi connectivity index (χ0v) is 9.89. The highest BCUT2D eigenvalue weighted by molar-refractivity contribution is 6.43. The van der Waals surface area contributed by atoms with E-state index >= 15 is 0 Å². The van der Waals surface area contributed by atoms with E-state index in [0.717, 1.165) is 11.4 Å². The van der Waals surface area contributed by atoms with E-state index < -0.39 is 0 Å². The van der Waals surface area contributed by atoms with Crippen LogP contribution in [0.15, 0.2) is 30.5 Å². The summed E-state index contributed by atoms with van der Waals surface area (Å²) in [5, 5.41) is 5.24. The predicted octanol–water partition coefficient (Wildman–Crippen LogP) is 3.92. The first-order chi connectivity index (χ1) is 7.22. The summed E-state index contributed by atoms with van der Waals surface area (Å²) in [6, 6.07) is 7.24. The van der Waals surface area contributed by atoms with Gasteiger partial charge in [-0.15, -0.1) is 11.6 Å². The van der Waals surface area contributed by atoms with Crippen molar-refractivity contribution >= 4 is 34.8 Å². The highest BCUT2D eigenvalue weighted by Crippen LogP contribution is 2.27. The molecule has 0 aliphatic carbocycles. The molecule has 78 valence electrons. The SMILES string of the molecule is ClCc1ccn(-c2cccc(Cl)c2Cl)n1. The molecule has 5 heteroatoms. The van der Waals surface area contributed by atoms with Crippen LogP contribution in [0.3, 0.4) is 0 Å². The first-order valence-electron chi connectivity index (χ1n) is 4.27. The van der Waals surface area contributed by atoms with Gasteiger partial charge in [0.25, 0.3) is 0 Å². The lowest BCUT2D eigenvalue weighted by molar-refractivity contribution is 0.859. The number of aromatic nitrogens is 2. The molecule has 0 fully saturated rings. The molecule has 0 saturated heterocycles. The molecular formula is C10H7Cl3N2. The lowest BCUT2D eigenvalue weighted by Gasteiger charge is -2.04. The van der Waals surface area contributed by atoms with Gasteiger partial charge < -0.3 is 0 Å². The second kappa shape index (κ2) is 4.44. The van der Waals surface area contributed by atoms with Gasteiger partial charge in [-0.3, -0.25) is 0 Å². The molecule has 1 aromatic carbocycles. The van der Waals surface area contributed by atoms with E-state index in [1.54, 1.807) is 16.9 Å². The summed E-state index contributed by atoms with van der Waals surface area (Å²) >= 11 is 17.6. The molecule has 0 N–H and O–H groups in total. The second-order valence-corrected chi connectivity index (χ2v) is 4.01. The molecule has 2 nitrogen and oxygen atoms in total. The Labute approximate surface area is 102 Å². The highest BCUT2D eigenvalue weighted by Gasteiger charge is 2.07. The molecule has 0 saturated carbocycles. The van der Waals surface area contributed by atoms with Gasteiger partial charge in [-0.1, -0.05) is 29.3 Å². The Kier molecular flexibility index (Phi) is 3.19. The second-order valence-electron chi connectivity index (χ2n) is 2.96. The van der Waals surface area contributed by atoms with Gasteiger partial charge in [0.2, 0.25) is 0 Å². The molecule has 1 aromatic heterocycles. The molecular weight excluding hydrogens is 254 g/mol. The van der Waals surface area contributed by atoms with Crippen molar-refractivity contribution in [1.29, 1.82) is 0 Å². The van der Waals surface area contributed by atoms with E-state index in [1.165, 1.54) is 0 Å². The fourth-order valence-electron chi connectivity index (χ4n) is 1.24. The summed E-state index contributed by atoms with van der Waals surface area (Å²) in [4.78, 5) is 0. The van der Waals surface area contributed by atoms with Crippen LogP contribution in [-0.4, -0.2) is 9.78 Å². The quantitative estimate of drug-likeness (QED) is 0.749. The number of hydrogen-bond donors (Lipinski definition) is 0. The Hall–Kier alpha value is -0.700. The van der Waals surface area contributed by atoms with E-state index in [1.807, 2.05) is 18.2 Å². The summed E-state index contributed by atoms with van der Waals surface area (Å²) < 4.78 is 1.66. The fraction of sp³-hybridized carbons (Fsp3) is 0.100. The zero-order valence-electron chi connectivity index (χ0n) is 7.62.